The van der Waals surface area contributed by atoms with Crippen molar-refractivity contribution in [3.05, 3.63) is 41.2 Å². The van der Waals surface area contributed by atoms with Crippen LogP contribution in [0.15, 0.2) is 40.1 Å². The monoisotopic (exact) mass is 257 g/mol. The molecule has 0 atom stereocenters. The normalized spacial score (nSPS) is 15.7. The Morgan fingerprint density at radius 3 is 2.68 bits per heavy atom. The topological polar surface area (TPSA) is 71.0 Å². The standard InChI is InChI=1S/C15H19N3O/c1-9(2)11-4-5-12(13(19)8-11)15-10(3)18-14(16)6-7-17-15/h4-6,8-9,19H,7,16H2,1-3H3. The van der Waals surface area contributed by atoms with E-state index in [2.05, 4.69) is 23.8 Å². The minimum Gasteiger partial charge on any atom is -0.507 e. The van der Waals surface area contributed by atoms with E-state index in [1.54, 1.807) is 12.1 Å². The Balaban J connectivity index is 2.43. The fourth-order valence-corrected chi connectivity index (χ4v) is 2.03. The lowest BCUT2D eigenvalue weighted by Gasteiger charge is -2.11. The van der Waals surface area contributed by atoms with Crippen LogP contribution in [0.5, 0.6) is 5.75 Å². The number of nitrogens with two attached hydrogens (primary N) is 1. The second kappa shape index (κ2) is 5.26. The highest BCUT2D eigenvalue weighted by atomic mass is 16.3. The van der Waals surface area contributed by atoms with Crippen molar-refractivity contribution >= 4 is 11.4 Å². The fourth-order valence-electron chi connectivity index (χ4n) is 2.03. The zero-order valence-electron chi connectivity index (χ0n) is 11.5. The summed E-state index contributed by atoms with van der Waals surface area (Å²) in [5, 5.41) is 10.2. The molecule has 0 aliphatic carbocycles. The second-order valence-electron chi connectivity index (χ2n) is 4.95. The predicted molar refractivity (Wildman–Crippen MR) is 79.0 cm³/mol. The summed E-state index contributed by atoms with van der Waals surface area (Å²) in [6, 6.07) is 5.69. The summed E-state index contributed by atoms with van der Waals surface area (Å²) >= 11 is 0. The van der Waals surface area contributed by atoms with E-state index in [0.29, 0.717) is 29.6 Å². The molecule has 2 rings (SSSR count). The highest BCUT2D eigenvalue weighted by Gasteiger charge is 2.15. The summed E-state index contributed by atoms with van der Waals surface area (Å²) < 4.78 is 0. The van der Waals surface area contributed by atoms with Gasteiger partial charge in [-0.1, -0.05) is 19.9 Å². The van der Waals surface area contributed by atoms with Crippen LogP contribution >= 0.6 is 0 Å². The van der Waals surface area contributed by atoms with E-state index >= 15 is 0 Å². The van der Waals surface area contributed by atoms with Gasteiger partial charge in [-0.05, 0) is 36.6 Å². The molecule has 0 saturated carbocycles. The number of benzene rings is 1. The Labute approximate surface area is 113 Å². The molecule has 1 aromatic rings. The fraction of sp³-hybridized carbons (Fsp3) is 0.333. The van der Waals surface area contributed by atoms with Gasteiger partial charge in [0, 0.05) is 5.56 Å². The first-order valence-corrected chi connectivity index (χ1v) is 6.38. The Morgan fingerprint density at radius 1 is 1.32 bits per heavy atom. The van der Waals surface area contributed by atoms with Gasteiger partial charge in [0.1, 0.15) is 11.6 Å². The first-order valence-electron chi connectivity index (χ1n) is 6.38. The van der Waals surface area contributed by atoms with Gasteiger partial charge >= 0.3 is 0 Å². The molecule has 0 saturated heterocycles. The number of phenols is 1. The minimum absolute atomic E-state index is 0.236. The van der Waals surface area contributed by atoms with Crippen molar-refractivity contribution in [3.8, 4) is 5.75 Å². The largest absolute Gasteiger partial charge is 0.507 e. The lowest BCUT2D eigenvalue weighted by Crippen LogP contribution is -2.13. The number of nitrogens with zero attached hydrogens (tertiary/aromatic N) is 2. The van der Waals surface area contributed by atoms with Crippen LogP contribution in [0.2, 0.25) is 0 Å². The number of aromatic hydroxyl groups is 1. The average molecular weight is 257 g/mol. The maximum Gasteiger partial charge on any atom is 0.125 e. The molecule has 19 heavy (non-hydrogen) atoms. The van der Waals surface area contributed by atoms with Gasteiger partial charge in [0.25, 0.3) is 0 Å². The Bertz CT molecular complexity index is 583. The molecule has 1 aliphatic heterocycles. The van der Waals surface area contributed by atoms with Crippen molar-refractivity contribution < 1.29 is 5.11 Å². The summed E-state index contributed by atoms with van der Waals surface area (Å²) in [7, 11) is 0. The van der Waals surface area contributed by atoms with Crippen LogP contribution in [0, 0.1) is 0 Å². The summed E-state index contributed by atoms with van der Waals surface area (Å²) in [4.78, 5) is 8.68. The van der Waals surface area contributed by atoms with Gasteiger partial charge in [-0.3, -0.25) is 4.99 Å². The summed E-state index contributed by atoms with van der Waals surface area (Å²) in [5.74, 6) is 1.08. The number of rotatable bonds is 2. The Kier molecular flexibility index (Phi) is 3.69. The molecular formula is C15H19N3O. The lowest BCUT2D eigenvalue weighted by atomic mass is 9.98. The van der Waals surface area contributed by atoms with Gasteiger partial charge in [0.15, 0.2) is 0 Å². The highest BCUT2D eigenvalue weighted by Crippen LogP contribution is 2.25. The number of hydrogen-bond donors (Lipinski definition) is 2. The molecule has 0 amide bonds. The molecule has 4 nitrogen and oxygen atoms in total. The van der Waals surface area contributed by atoms with Crippen LogP contribution in [0.4, 0.5) is 0 Å². The van der Waals surface area contributed by atoms with E-state index in [1.165, 1.54) is 0 Å². The molecule has 1 aliphatic rings. The summed E-state index contributed by atoms with van der Waals surface area (Å²) in [6.45, 7) is 6.51. The summed E-state index contributed by atoms with van der Waals surface area (Å²) in [6.07, 6.45) is 1.76. The zero-order chi connectivity index (χ0) is 14.0. The first-order chi connectivity index (χ1) is 8.99. The molecule has 0 fully saturated rings. The van der Waals surface area contributed by atoms with Gasteiger partial charge < -0.3 is 10.8 Å². The predicted octanol–water partition coefficient (Wildman–Crippen LogP) is 2.58. The van der Waals surface area contributed by atoms with Crippen molar-refractivity contribution in [1.29, 1.82) is 0 Å². The zero-order valence-corrected chi connectivity index (χ0v) is 11.5. The molecule has 100 valence electrons. The molecule has 3 N–H and O–H groups in total. The molecular weight excluding hydrogens is 238 g/mol. The molecule has 0 unspecified atom stereocenters. The maximum atomic E-state index is 10.2. The molecule has 1 aromatic carbocycles. The van der Waals surface area contributed by atoms with Crippen LogP contribution in [-0.2, 0) is 0 Å². The molecule has 0 spiro atoms. The average Bonchev–Trinajstić information content (AvgIpc) is 2.50. The van der Waals surface area contributed by atoms with Gasteiger partial charge in [-0.2, -0.15) is 0 Å². The van der Waals surface area contributed by atoms with E-state index in [0.717, 1.165) is 11.3 Å². The highest BCUT2D eigenvalue weighted by molar-refractivity contribution is 6.48. The molecule has 0 aromatic heterocycles. The third kappa shape index (κ3) is 2.84. The van der Waals surface area contributed by atoms with Crippen LogP contribution in [-0.4, -0.2) is 23.1 Å². The Morgan fingerprint density at radius 2 is 2.05 bits per heavy atom. The second-order valence-corrected chi connectivity index (χ2v) is 4.95. The summed E-state index contributed by atoms with van der Waals surface area (Å²) in [5.41, 5.74) is 8.93. The van der Waals surface area contributed by atoms with E-state index in [4.69, 9.17) is 5.73 Å². The van der Waals surface area contributed by atoms with Crippen LogP contribution in [0.25, 0.3) is 0 Å². The van der Waals surface area contributed by atoms with Crippen molar-refractivity contribution in [3.63, 3.8) is 0 Å². The van der Waals surface area contributed by atoms with Crippen molar-refractivity contribution in [1.82, 2.24) is 0 Å². The number of hydrogen-bond acceptors (Lipinski definition) is 4. The molecule has 1 heterocycles. The van der Waals surface area contributed by atoms with E-state index < -0.39 is 0 Å². The van der Waals surface area contributed by atoms with Crippen LogP contribution in [0.1, 0.15) is 37.8 Å². The van der Waals surface area contributed by atoms with E-state index in [9.17, 15) is 5.11 Å². The smallest absolute Gasteiger partial charge is 0.125 e. The maximum absolute atomic E-state index is 10.2. The van der Waals surface area contributed by atoms with Gasteiger partial charge in [-0.15, -0.1) is 0 Å². The van der Waals surface area contributed by atoms with Crippen LogP contribution < -0.4 is 5.73 Å². The SMILES string of the molecule is CC1=NC(N)=CCN=C1c1ccc(C(C)C)cc1O. The quantitative estimate of drug-likeness (QED) is 0.854. The lowest BCUT2D eigenvalue weighted by molar-refractivity contribution is 0.473. The molecule has 0 bridgehead atoms. The van der Waals surface area contributed by atoms with Gasteiger partial charge in [0.05, 0.1) is 18.0 Å². The van der Waals surface area contributed by atoms with Crippen molar-refractivity contribution in [2.24, 2.45) is 15.7 Å². The Hall–Kier alpha value is -2.10. The molecule has 0 radical (unpaired) electrons. The van der Waals surface area contributed by atoms with Gasteiger partial charge in [-0.25, -0.2) is 4.99 Å². The van der Waals surface area contributed by atoms with Gasteiger partial charge in [0.2, 0.25) is 0 Å². The van der Waals surface area contributed by atoms with E-state index in [-0.39, 0.29) is 5.75 Å². The minimum atomic E-state index is 0.236. The number of aliphatic imine (C=N–C) groups is 2. The first kappa shape index (κ1) is 13.3. The van der Waals surface area contributed by atoms with Crippen molar-refractivity contribution in [2.45, 2.75) is 26.7 Å². The van der Waals surface area contributed by atoms with Crippen molar-refractivity contribution in [2.75, 3.05) is 6.54 Å². The third-order valence-corrected chi connectivity index (χ3v) is 3.13. The number of phenolic OH excluding ortho intramolecular Hbond substituents is 1. The third-order valence-electron chi connectivity index (χ3n) is 3.13. The molecule has 4 heteroatoms. The van der Waals surface area contributed by atoms with E-state index in [1.807, 2.05) is 19.1 Å². The van der Waals surface area contributed by atoms with Crippen LogP contribution in [0.3, 0.4) is 0 Å².